The molecule has 0 aliphatic rings. The highest BCUT2D eigenvalue weighted by atomic mass is 16.3. The van der Waals surface area contributed by atoms with Crippen molar-refractivity contribution in [2.24, 2.45) is 0 Å². The lowest BCUT2D eigenvalue weighted by Crippen LogP contribution is -1.83. The van der Waals surface area contributed by atoms with Crippen LogP contribution in [0.1, 0.15) is 49.8 Å². The lowest BCUT2D eigenvalue weighted by atomic mass is 10.0. The van der Waals surface area contributed by atoms with Gasteiger partial charge in [0, 0.05) is 16.8 Å². The predicted molar refractivity (Wildman–Crippen MR) is 84.1 cm³/mol. The molecule has 0 unspecified atom stereocenters. The Kier molecular flexibility index (Phi) is 4.10. The molecule has 0 bridgehead atoms. The summed E-state index contributed by atoms with van der Waals surface area (Å²) in [6.45, 7) is 10.2. The SMILES string of the molecule is C=Cc1c(/C=C\C)[nH]c2oc(/C=C\CC)c(CC)c12. The molecule has 0 saturated carbocycles. The smallest absolute Gasteiger partial charge is 0.206 e. The molecular formula is C17H21NO. The Bertz CT molecular complexity index is 638. The summed E-state index contributed by atoms with van der Waals surface area (Å²) < 4.78 is 5.94. The second-order valence-electron chi connectivity index (χ2n) is 4.47. The first-order valence-electron chi connectivity index (χ1n) is 6.85. The Balaban J connectivity index is 2.70. The lowest BCUT2D eigenvalue weighted by molar-refractivity contribution is 0.588. The van der Waals surface area contributed by atoms with Crippen LogP contribution in [0.4, 0.5) is 0 Å². The van der Waals surface area contributed by atoms with Crippen molar-refractivity contribution in [3.05, 3.63) is 41.3 Å². The van der Waals surface area contributed by atoms with Crippen molar-refractivity contribution in [3.63, 3.8) is 0 Å². The number of nitrogens with one attached hydrogen (secondary N) is 1. The van der Waals surface area contributed by atoms with Crippen LogP contribution in [-0.4, -0.2) is 4.98 Å². The van der Waals surface area contributed by atoms with E-state index >= 15 is 0 Å². The molecule has 0 aliphatic heterocycles. The van der Waals surface area contributed by atoms with E-state index in [1.807, 2.05) is 25.2 Å². The average molecular weight is 255 g/mol. The first-order chi connectivity index (χ1) is 9.26. The molecule has 0 aliphatic carbocycles. The van der Waals surface area contributed by atoms with Crippen LogP contribution in [0.3, 0.4) is 0 Å². The fourth-order valence-electron chi connectivity index (χ4n) is 2.40. The van der Waals surface area contributed by atoms with Gasteiger partial charge in [-0.15, -0.1) is 0 Å². The highest BCUT2D eigenvalue weighted by Gasteiger charge is 2.17. The van der Waals surface area contributed by atoms with Crippen molar-refractivity contribution in [3.8, 4) is 0 Å². The van der Waals surface area contributed by atoms with Crippen LogP contribution in [0, 0.1) is 0 Å². The van der Waals surface area contributed by atoms with E-state index in [0.29, 0.717) is 0 Å². The highest BCUT2D eigenvalue weighted by Crippen LogP contribution is 2.33. The van der Waals surface area contributed by atoms with E-state index in [4.69, 9.17) is 4.42 Å². The molecule has 100 valence electrons. The number of aryl methyl sites for hydroxylation is 1. The minimum atomic E-state index is 0.843. The number of hydrogen-bond acceptors (Lipinski definition) is 1. The van der Waals surface area contributed by atoms with Crippen LogP contribution < -0.4 is 0 Å². The molecule has 1 N–H and O–H groups in total. The van der Waals surface area contributed by atoms with Gasteiger partial charge in [0.25, 0.3) is 0 Å². The molecular weight excluding hydrogens is 234 g/mol. The molecule has 2 heterocycles. The van der Waals surface area contributed by atoms with Gasteiger partial charge >= 0.3 is 0 Å². The van der Waals surface area contributed by atoms with E-state index in [0.717, 1.165) is 35.6 Å². The van der Waals surface area contributed by atoms with Crippen LogP contribution in [-0.2, 0) is 6.42 Å². The van der Waals surface area contributed by atoms with E-state index in [9.17, 15) is 0 Å². The van der Waals surface area contributed by atoms with Crippen LogP contribution in [0.15, 0.2) is 23.1 Å². The summed E-state index contributed by atoms with van der Waals surface area (Å²) in [4.78, 5) is 3.33. The van der Waals surface area contributed by atoms with Crippen LogP contribution in [0.5, 0.6) is 0 Å². The highest BCUT2D eigenvalue weighted by molar-refractivity contribution is 5.94. The summed E-state index contributed by atoms with van der Waals surface area (Å²) in [7, 11) is 0. The molecule has 0 fully saturated rings. The van der Waals surface area contributed by atoms with E-state index in [1.54, 1.807) is 0 Å². The third-order valence-corrected chi connectivity index (χ3v) is 3.24. The molecule has 0 amide bonds. The predicted octanol–water partition coefficient (Wildman–Crippen LogP) is 5.42. The number of H-pyrrole nitrogens is 1. The van der Waals surface area contributed by atoms with Gasteiger partial charge in [-0.3, -0.25) is 0 Å². The van der Waals surface area contributed by atoms with Gasteiger partial charge in [0.1, 0.15) is 5.76 Å². The largest absolute Gasteiger partial charge is 0.440 e. The second-order valence-corrected chi connectivity index (χ2v) is 4.47. The topological polar surface area (TPSA) is 28.9 Å². The zero-order valence-electron chi connectivity index (χ0n) is 11.9. The Hall–Kier alpha value is -1.96. The molecule has 2 rings (SSSR count). The van der Waals surface area contributed by atoms with Crippen molar-refractivity contribution in [1.29, 1.82) is 0 Å². The zero-order valence-corrected chi connectivity index (χ0v) is 11.9. The molecule has 2 heteroatoms. The number of aromatic nitrogens is 1. The van der Waals surface area contributed by atoms with E-state index in [-0.39, 0.29) is 0 Å². The number of hydrogen-bond donors (Lipinski definition) is 1. The molecule has 2 aromatic heterocycles. The Morgan fingerprint density at radius 3 is 2.63 bits per heavy atom. The summed E-state index contributed by atoms with van der Waals surface area (Å²) in [5, 5.41) is 1.17. The fourth-order valence-corrected chi connectivity index (χ4v) is 2.40. The molecule has 2 nitrogen and oxygen atoms in total. The first kappa shape index (κ1) is 13.5. The summed E-state index contributed by atoms with van der Waals surface area (Å²) in [5.41, 5.74) is 4.29. The zero-order chi connectivity index (χ0) is 13.8. The maximum atomic E-state index is 5.94. The van der Waals surface area contributed by atoms with Crippen LogP contribution >= 0.6 is 0 Å². The van der Waals surface area contributed by atoms with Gasteiger partial charge in [-0.1, -0.05) is 38.7 Å². The standard InChI is InChI=1S/C17H21NO/c1-5-9-11-15-13(8-4)16-12(7-3)14(10-6-2)18-17(16)19-15/h6-7,9-11,18H,3,5,8H2,1-2,4H3/b10-6-,11-9-. The number of allylic oxidation sites excluding steroid dienone is 2. The molecule has 0 saturated heterocycles. The minimum absolute atomic E-state index is 0.843. The van der Waals surface area contributed by atoms with Gasteiger partial charge in [0.2, 0.25) is 5.71 Å². The number of fused-ring (bicyclic) bond motifs is 1. The van der Waals surface area contributed by atoms with Gasteiger partial charge in [-0.25, -0.2) is 0 Å². The summed E-state index contributed by atoms with van der Waals surface area (Å²) in [5.74, 6) is 0.959. The van der Waals surface area contributed by atoms with Crippen LogP contribution in [0.2, 0.25) is 0 Å². The molecule has 2 aromatic rings. The summed E-state index contributed by atoms with van der Waals surface area (Å²) in [6, 6.07) is 0. The van der Waals surface area contributed by atoms with Crippen LogP contribution in [0.25, 0.3) is 29.3 Å². The van der Waals surface area contributed by atoms with Crippen molar-refractivity contribution in [2.75, 3.05) is 0 Å². The van der Waals surface area contributed by atoms with E-state index in [1.165, 1.54) is 10.9 Å². The molecule has 0 aromatic carbocycles. The Labute approximate surface area is 114 Å². The minimum Gasteiger partial charge on any atom is -0.440 e. The van der Waals surface area contributed by atoms with Gasteiger partial charge in [-0.2, -0.15) is 0 Å². The van der Waals surface area contributed by atoms with Gasteiger partial charge in [0.05, 0.1) is 5.39 Å². The fraction of sp³-hybridized carbons (Fsp3) is 0.294. The average Bonchev–Trinajstić information content (AvgIpc) is 2.91. The molecule has 0 radical (unpaired) electrons. The lowest BCUT2D eigenvalue weighted by Gasteiger charge is -1.97. The first-order valence-corrected chi connectivity index (χ1v) is 6.85. The van der Waals surface area contributed by atoms with Gasteiger partial charge in [-0.05, 0) is 31.9 Å². The third kappa shape index (κ3) is 2.30. The molecule has 0 atom stereocenters. The summed E-state index contributed by atoms with van der Waals surface area (Å²) >= 11 is 0. The number of rotatable bonds is 5. The quantitative estimate of drug-likeness (QED) is 0.759. The van der Waals surface area contributed by atoms with Crippen molar-refractivity contribution in [2.45, 2.75) is 33.6 Å². The normalized spacial score (nSPS) is 12.2. The van der Waals surface area contributed by atoms with Crippen molar-refractivity contribution in [1.82, 2.24) is 4.98 Å². The van der Waals surface area contributed by atoms with Crippen molar-refractivity contribution >= 4 is 29.3 Å². The summed E-state index contributed by atoms with van der Waals surface area (Å²) in [6.07, 6.45) is 12.1. The maximum Gasteiger partial charge on any atom is 0.206 e. The third-order valence-electron chi connectivity index (χ3n) is 3.24. The Morgan fingerprint density at radius 2 is 2.05 bits per heavy atom. The second kappa shape index (κ2) is 5.79. The van der Waals surface area contributed by atoms with E-state index < -0.39 is 0 Å². The van der Waals surface area contributed by atoms with Gasteiger partial charge in [0.15, 0.2) is 0 Å². The number of aromatic amines is 1. The Morgan fingerprint density at radius 1 is 1.26 bits per heavy atom. The molecule has 19 heavy (non-hydrogen) atoms. The molecule has 0 spiro atoms. The maximum absolute atomic E-state index is 5.94. The monoisotopic (exact) mass is 255 g/mol. The number of furan rings is 1. The van der Waals surface area contributed by atoms with E-state index in [2.05, 4.69) is 37.6 Å². The van der Waals surface area contributed by atoms with Gasteiger partial charge < -0.3 is 9.40 Å². The van der Waals surface area contributed by atoms with Crippen molar-refractivity contribution < 1.29 is 4.42 Å².